The largest absolute Gasteiger partial charge is 0.508 e. The number of nitrogens with one attached hydrogen (secondary N) is 13. The van der Waals surface area contributed by atoms with Crippen molar-refractivity contribution in [3.8, 4) is 5.75 Å². The minimum absolute atomic E-state index is 0.0118. The molecule has 3 saturated heterocycles. The number of carbonyl (C=O) groups excluding carboxylic acids is 17. The number of unbranched alkanes of at least 4 members (excludes halogenated alkanes) is 2. The third-order valence-electron chi connectivity index (χ3n) is 24.6. The SMILES string of the molecule is CCCC[C@H]1C(=O)N(C)[C@@H](CCCC)C(=O)N[C@@H](CCN)C(=O)N[C@H](C(=O)NCC(N)=O)CSCC(=O)N[C@@H](Cc2ccc(O)cc2)C(=O)N(C)[C@@H](C)C(=O)N[C@@H](CCC(N)=O)C(=O)N2CCC[C@H]2C(=O)N[C@@H](Cc2cnc[nH]2)C(=O)N[C@@H](CC(C)C)C(=O)N2C[C@H](O)C[C@H]2C(=O)N[C@@H](Cc2c[nH]c3ccccc23)C(=O)N[C@@H](CCCN)C(=O)N[C@@H](Cc2c[nH]c3ccccc23)C(=O)N1C. The number of aliphatic hydroxyl groups is 1. The van der Waals surface area contributed by atoms with Crippen molar-refractivity contribution in [2.75, 3.05) is 65.4 Å². The minimum atomic E-state index is -1.58. The lowest BCUT2D eigenvalue weighted by Gasteiger charge is -2.36. The van der Waals surface area contributed by atoms with Crippen LogP contribution in [0.5, 0.6) is 5.75 Å². The monoisotopic (exact) mass is 1890 g/mol. The van der Waals surface area contributed by atoms with Gasteiger partial charge in [-0.3, -0.25) is 81.5 Å². The molecular weight excluding hydrogens is 1760 g/mol. The molecule has 3 aliphatic heterocycles. The number of aromatic hydroxyl groups is 1. The number of nitrogens with two attached hydrogens (primary N) is 4. The molecular formula is C92H131N23O19S. The Balaban J connectivity index is 1.10. The van der Waals surface area contributed by atoms with Crippen molar-refractivity contribution in [1.82, 2.24) is 97.6 Å². The number of hydrogen-bond donors (Lipinski definition) is 19. The van der Waals surface area contributed by atoms with E-state index in [-0.39, 0.29) is 115 Å². The lowest BCUT2D eigenvalue weighted by molar-refractivity contribution is -0.149. The summed E-state index contributed by atoms with van der Waals surface area (Å²) in [6.07, 6.45) is 4.26. The Kier molecular flexibility index (Phi) is 39.8. The highest BCUT2D eigenvalue weighted by Crippen LogP contribution is 2.28. The lowest BCUT2D eigenvalue weighted by atomic mass is 9.99. The second-order valence-corrected chi connectivity index (χ2v) is 36.2. The molecule has 3 aromatic heterocycles. The van der Waals surface area contributed by atoms with Crippen LogP contribution in [0.25, 0.3) is 21.8 Å². The van der Waals surface area contributed by atoms with Crippen molar-refractivity contribution < 1.29 is 91.7 Å². The molecule has 0 spiro atoms. The van der Waals surface area contributed by atoms with E-state index in [1.807, 2.05) is 26.0 Å². The van der Waals surface area contributed by atoms with E-state index in [1.54, 1.807) is 62.6 Å². The van der Waals surface area contributed by atoms with Gasteiger partial charge in [-0.05, 0) is 125 Å². The summed E-state index contributed by atoms with van der Waals surface area (Å²) in [5, 5.41) is 50.3. The minimum Gasteiger partial charge on any atom is -0.508 e. The first-order chi connectivity index (χ1) is 64.4. The lowest BCUT2D eigenvalue weighted by Crippen LogP contribution is -2.61. The molecule has 23 N–H and O–H groups in total. The van der Waals surface area contributed by atoms with Gasteiger partial charge in [0.15, 0.2) is 0 Å². The zero-order valence-corrected chi connectivity index (χ0v) is 78.4. The first-order valence-electron chi connectivity index (χ1n) is 45.9. The van der Waals surface area contributed by atoms with Crippen molar-refractivity contribution in [1.29, 1.82) is 0 Å². The maximum atomic E-state index is 15.9. The molecule has 17 amide bonds. The van der Waals surface area contributed by atoms with E-state index < -0.39 is 229 Å². The van der Waals surface area contributed by atoms with E-state index in [9.17, 15) is 48.6 Å². The predicted octanol–water partition coefficient (Wildman–Crippen LogP) is -1.71. The van der Waals surface area contributed by atoms with Gasteiger partial charge in [0.2, 0.25) is 100 Å². The number of phenols is 1. The number of para-hydroxylation sites is 2. The number of aromatic nitrogens is 4. The number of fused-ring (bicyclic) bond motifs is 4. The third-order valence-corrected chi connectivity index (χ3v) is 25.6. The predicted molar refractivity (Wildman–Crippen MR) is 500 cm³/mol. The van der Waals surface area contributed by atoms with E-state index in [0.717, 1.165) is 21.6 Å². The van der Waals surface area contributed by atoms with Gasteiger partial charge in [0.1, 0.15) is 90.3 Å². The molecule has 9 rings (SSSR count). The number of hydrogen-bond acceptors (Lipinski definition) is 23. The number of amides is 17. The van der Waals surface area contributed by atoms with Gasteiger partial charge in [0.25, 0.3) is 0 Å². The van der Waals surface area contributed by atoms with Gasteiger partial charge in [-0.25, -0.2) is 4.98 Å². The summed E-state index contributed by atoms with van der Waals surface area (Å²) in [4.78, 5) is 270. The molecule has 43 heteroatoms. The van der Waals surface area contributed by atoms with E-state index in [4.69, 9.17) is 22.9 Å². The zero-order chi connectivity index (χ0) is 98.4. The van der Waals surface area contributed by atoms with Gasteiger partial charge in [0, 0.05) is 125 Å². The van der Waals surface area contributed by atoms with Crippen molar-refractivity contribution in [2.45, 2.75) is 247 Å². The molecule has 3 aliphatic rings. The number of thioether (sulfide) groups is 1. The highest BCUT2D eigenvalue weighted by Gasteiger charge is 2.47. The number of phenolic OH excluding ortho intramolecular Hbond substituents is 1. The maximum absolute atomic E-state index is 15.9. The second-order valence-electron chi connectivity index (χ2n) is 35.2. The molecule has 0 radical (unpaired) electrons. The summed E-state index contributed by atoms with van der Waals surface area (Å²) >= 11 is 0.786. The Labute approximate surface area is 786 Å². The van der Waals surface area contributed by atoms with Crippen LogP contribution in [0, 0.1) is 5.92 Å². The Morgan fingerprint density at radius 1 is 0.526 bits per heavy atom. The fraction of sp³-hybridized carbons (Fsp3) is 0.543. The quantitative estimate of drug-likeness (QED) is 0.0273. The number of primary amides is 2. The normalized spacial score (nSPS) is 24.8. The molecule has 0 unspecified atom stereocenters. The summed E-state index contributed by atoms with van der Waals surface area (Å²) < 4.78 is 0. The first-order valence-corrected chi connectivity index (χ1v) is 47.1. The van der Waals surface area contributed by atoms with Crippen LogP contribution in [-0.2, 0) is 107 Å². The molecule has 6 aromatic rings. The highest BCUT2D eigenvalue weighted by molar-refractivity contribution is 8.00. The summed E-state index contributed by atoms with van der Waals surface area (Å²) in [5.41, 5.74) is 26.5. The van der Waals surface area contributed by atoms with Gasteiger partial charge >= 0.3 is 0 Å². The molecule has 6 heterocycles. The number of carbonyl (C=O) groups is 17. The Morgan fingerprint density at radius 2 is 1.06 bits per heavy atom. The van der Waals surface area contributed by atoms with Crippen LogP contribution in [0.15, 0.2) is 97.7 Å². The summed E-state index contributed by atoms with van der Waals surface area (Å²) in [6, 6.07) is -0.724. The van der Waals surface area contributed by atoms with Crippen LogP contribution >= 0.6 is 11.8 Å². The van der Waals surface area contributed by atoms with Crippen LogP contribution < -0.4 is 76.1 Å². The molecule has 0 aliphatic carbocycles. The standard InChI is InChI=1S/C92H131N23O19S/c1-9-11-24-72-85(127)104-64(33-35-94)82(124)110-71(80(122)100-46-77(96)119)48-135-49-78(120)102-69(38-53-27-29-57(116)30-28-53)88(130)111(6)52(5)79(121)105-65(31-32-76(95)118)90(132)114-36-18-26-73(114)86(128)107-67(41-56-45-97-50-101-56)84(126)108-68(37-51(3)4)91(133)115-47-58(117)42-75(115)87(129)106-66(39-54-43-98-61-21-15-13-19-59(54)61)83(125)103-63(23-17-34-93)81(123)109-70(40-55-44-99-62-22-16-14-20-60(55)62)89(131)113(8)74(25-12-10-2)92(134)112(72)7/h13-16,19-22,27-30,43-45,50-52,58,63-75,98-99,116-117H,9-12,17-18,23-26,31-42,46-49,93-94H2,1-8H3,(H2,95,118)(H2,96,119)(H,97,101)(H,100,122)(H,102,120)(H,103,125)(H,104,127)(H,105,121)(H,106,129)(H,107,128)(H,108,126)(H,109,123)(H,110,124)/t52-,58+,63-,64-,65-,66-,67-,68-,69-,70-,71-,72-,73-,74-,75-/m0/s1. The number of aromatic amines is 3. The van der Waals surface area contributed by atoms with Crippen molar-refractivity contribution in [3.05, 3.63) is 120 Å². The molecule has 3 aromatic carbocycles. The number of benzene rings is 3. The topological polar surface area (TPSA) is 631 Å². The van der Waals surface area contributed by atoms with E-state index in [1.165, 1.54) is 79.6 Å². The average Bonchev–Trinajstić information content (AvgIpc) is 1.59. The summed E-state index contributed by atoms with van der Waals surface area (Å²) in [5.74, 6) is -16.3. The molecule has 15 atom stereocenters. The highest BCUT2D eigenvalue weighted by atomic mass is 32.2. The van der Waals surface area contributed by atoms with E-state index in [0.29, 0.717) is 69.9 Å². The molecule has 734 valence electrons. The number of imidazole rings is 1. The molecule has 42 nitrogen and oxygen atoms in total. The zero-order valence-electron chi connectivity index (χ0n) is 77.6. The number of rotatable bonds is 27. The number of H-pyrrole nitrogens is 3. The Bertz CT molecular complexity index is 5150. The van der Waals surface area contributed by atoms with Crippen LogP contribution in [0.2, 0.25) is 0 Å². The van der Waals surface area contributed by atoms with Gasteiger partial charge in [-0.15, -0.1) is 11.8 Å². The second kappa shape index (κ2) is 50.9. The van der Waals surface area contributed by atoms with Gasteiger partial charge < -0.3 is 126 Å². The molecule has 0 bridgehead atoms. The molecule has 0 saturated carbocycles. The summed E-state index contributed by atoms with van der Waals surface area (Å²) in [6.45, 7) is 7.16. The smallest absolute Gasteiger partial charge is 0.245 e. The van der Waals surface area contributed by atoms with Gasteiger partial charge in [-0.1, -0.05) is 102 Å². The number of aliphatic hydroxyl groups excluding tert-OH is 1. The van der Waals surface area contributed by atoms with Gasteiger partial charge in [0.05, 0.1) is 24.7 Å². The number of nitrogens with zero attached hydrogens (tertiary/aromatic N) is 6. The first kappa shape index (κ1) is 106. The average molecular weight is 1900 g/mol. The van der Waals surface area contributed by atoms with Crippen LogP contribution in [0.4, 0.5) is 0 Å². The van der Waals surface area contributed by atoms with Crippen LogP contribution in [0.3, 0.4) is 0 Å². The fourth-order valence-corrected chi connectivity index (χ4v) is 17.8. The van der Waals surface area contributed by atoms with Crippen molar-refractivity contribution in [2.24, 2.45) is 28.9 Å². The van der Waals surface area contributed by atoms with Crippen molar-refractivity contribution in [3.63, 3.8) is 0 Å². The van der Waals surface area contributed by atoms with Crippen LogP contribution in [-0.4, -0.2) is 311 Å². The van der Waals surface area contributed by atoms with E-state index >= 15 is 43.2 Å². The Hall–Kier alpha value is -13.0. The third kappa shape index (κ3) is 29.5. The molecule has 3 fully saturated rings. The molecule has 135 heavy (non-hydrogen) atoms. The summed E-state index contributed by atoms with van der Waals surface area (Å²) in [7, 11) is 4.02. The maximum Gasteiger partial charge on any atom is 0.245 e. The van der Waals surface area contributed by atoms with E-state index in [2.05, 4.69) is 73.1 Å². The Morgan fingerprint density at radius 3 is 1.66 bits per heavy atom. The number of likely N-dealkylation sites (N-methyl/N-ethyl adjacent to an activating group) is 3. The fourth-order valence-electron chi connectivity index (χ4n) is 17.0. The van der Waals surface area contributed by atoms with Crippen LogP contribution in [0.1, 0.15) is 153 Å². The van der Waals surface area contributed by atoms with Gasteiger partial charge in [-0.2, -0.15) is 0 Å². The van der Waals surface area contributed by atoms with Crippen molar-refractivity contribution >= 4 is 134 Å².